The van der Waals surface area contributed by atoms with Crippen molar-refractivity contribution in [2.75, 3.05) is 7.11 Å². The van der Waals surface area contributed by atoms with E-state index in [1.807, 2.05) is 0 Å². The molecule has 4 nitrogen and oxygen atoms in total. The van der Waals surface area contributed by atoms with Gasteiger partial charge in [-0.3, -0.25) is 10.1 Å². The molecule has 0 amide bonds. The quantitative estimate of drug-likeness (QED) is 0.557. The first-order valence-corrected chi connectivity index (χ1v) is 3.67. The summed E-state index contributed by atoms with van der Waals surface area (Å²) in [5.41, 5.74) is -0.470. The summed E-state index contributed by atoms with van der Waals surface area (Å²) in [6, 6.07) is 1.31. The summed E-state index contributed by atoms with van der Waals surface area (Å²) in [6.07, 6.45) is 0. The predicted octanol–water partition coefficient (Wildman–Crippen LogP) is 2.02. The van der Waals surface area contributed by atoms with Crippen molar-refractivity contribution in [2.45, 2.75) is 6.61 Å². The highest BCUT2D eigenvalue weighted by atomic mass is 19.2. The molecule has 1 aromatic rings. The lowest BCUT2D eigenvalue weighted by molar-refractivity contribution is -0.386. The van der Waals surface area contributed by atoms with Crippen molar-refractivity contribution in [1.29, 1.82) is 0 Å². The Morgan fingerprint density at radius 2 is 2.00 bits per heavy atom. The Kier molecular flexibility index (Phi) is 3.08. The molecule has 0 aliphatic carbocycles. The third-order valence-electron chi connectivity index (χ3n) is 1.62. The van der Waals surface area contributed by atoms with E-state index in [4.69, 9.17) is 0 Å². The summed E-state index contributed by atoms with van der Waals surface area (Å²) >= 11 is 0. The predicted molar refractivity (Wildman–Crippen MR) is 43.7 cm³/mol. The number of nitro groups is 1. The van der Waals surface area contributed by atoms with Crippen LogP contribution in [0.1, 0.15) is 5.56 Å². The maximum Gasteiger partial charge on any atom is 0.278 e. The topological polar surface area (TPSA) is 52.4 Å². The van der Waals surface area contributed by atoms with Crippen LogP contribution >= 0.6 is 0 Å². The Labute approximate surface area is 78.3 Å². The minimum atomic E-state index is -1.24. The molecule has 0 heterocycles. The van der Waals surface area contributed by atoms with Gasteiger partial charge in [-0.15, -0.1) is 0 Å². The molecule has 76 valence electrons. The highest BCUT2D eigenvalue weighted by Crippen LogP contribution is 2.22. The Morgan fingerprint density at radius 3 is 2.50 bits per heavy atom. The average Bonchev–Trinajstić information content (AvgIpc) is 2.11. The van der Waals surface area contributed by atoms with E-state index in [0.29, 0.717) is 6.07 Å². The molecular weight excluding hydrogens is 196 g/mol. The molecule has 0 aliphatic heterocycles. The van der Waals surface area contributed by atoms with Gasteiger partial charge in [-0.25, -0.2) is 8.78 Å². The van der Waals surface area contributed by atoms with Crippen LogP contribution in [0.4, 0.5) is 14.5 Å². The van der Waals surface area contributed by atoms with Crippen LogP contribution in [0.5, 0.6) is 0 Å². The summed E-state index contributed by atoms with van der Waals surface area (Å²) in [5.74, 6) is -2.36. The molecule has 0 fully saturated rings. The smallest absolute Gasteiger partial charge is 0.278 e. The van der Waals surface area contributed by atoms with E-state index in [-0.39, 0.29) is 12.2 Å². The number of rotatable bonds is 3. The van der Waals surface area contributed by atoms with Gasteiger partial charge in [0.25, 0.3) is 5.69 Å². The van der Waals surface area contributed by atoms with Crippen LogP contribution in [-0.4, -0.2) is 12.0 Å². The van der Waals surface area contributed by atoms with E-state index in [1.54, 1.807) is 0 Å². The van der Waals surface area contributed by atoms with Crippen molar-refractivity contribution < 1.29 is 18.4 Å². The molecule has 1 rings (SSSR count). The number of hydrogen-bond donors (Lipinski definition) is 0. The summed E-state index contributed by atoms with van der Waals surface area (Å²) in [7, 11) is 1.31. The van der Waals surface area contributed by atoms with Crippen LogP contribution in [0.3, 0.4) is 0 Å². The molecule has 0 saturated carbocycles. The minimum absolute atomic E-state index is 0.0106. The van der Waals surface area contributed by atoms with E-state index in [0.717, 1.165) is 6.07 Å². The first-order valence-electron chi connectivity index (χ1n) is 3.67. The Hall–Kier alpha value is -1.56. The molecule has 0 aliphatic rings. The molecule has 0 N–H and O–H groups in total. The lowest BCUT2D eigenvalue weighted by atomic mass is 10.2. The maximum atomic E-state index is 12.7. The summed E-state index contributed by atoms with van der Waals surface area (Å²) in [6.45, 7) is -0.131. The number of methoxy groups -OCH3 is 1. The van der Waals surface area contributed by atoms with Crippen LogP contribution in [0, 0.1) is 21.7 Å². The van der Waals surface area contributed by atoms with Crippen molar-refractivity contribution >= 4 is 5.69 Å². The van der Waals surface area contributed by atoms with Crippen LogP contribution in [0.25, 0.3) is 0 Å². The van der Waals surface area contributed by atoms with Crippen LogP contribution in [0.2, 0.25) is 0 Å². The standard InChI is InChI=1S/C8H7F2NO3/c1-14-4-5-2-6(9)7(10)3-8(5)11(12)13/h2-3H,4H2,1H3. The van der Waals surface area contributed by atoms with Crippen molar-refractivity contribution in [3.63, 3.8) is 0 Å². The van der Waals surface area contributed by atoms with Gasteiger partial charge in [-0.2, -0.15) is 0 Å². The normalized spacial score (nSPS) is 10.2. The average molecular weight is 203 g/mol. The minimum Gasteiger partial charge on any atom is -0.380 e. The number of nitro benzene ring substituents is 1. The van der Waals surface area contributed by atoms with Gasteiger partial charge in [0, 0.05) is 7.11 Å². The monoisotopic (exact) mass is 203 g/mol. The number of nitrogens with zero attached hydrogens (tertiary/aromatic N) is 1. The molecule has 0 radical (unpaired) electrons. The highest BCUT2D eigenvalue weighted by molar-refractivity contribution is 5.40. The first kappa shape index (κ1) is 10.5. The lowest BCUT2D eigenvalue weighted by Crippen LogP contribution is -1.99. The van der Waals surface area contributed by atoms with Crippen LogP contribution in [0.15, 0.2) is 12.1 Å². The fourth-order valence-electron chi connectivity index (χ4n) is 1.02. The van der Waals surface area contributed by atoms with Gasteiger partial charge in [-0.05, 0) is 6.07 Å². The SMILES string of the molecule is COCc1cc(F)c(F)cc1[N+](=O)[O-]. The summed E-state index contributed by atoms with van der Waals surface area (Å²) in [4.78, 5) is 9.64. The van der Waals surface area contributed by atoms with Gasteiger partial charge >= 0.3 is 0 Å². The molecule has 0 bridgehead atoms. The fraction of sp³-hybridized carbons (Fsp3) is 0.250. The fourth-order valence-corrected chi connectivity index (χ4v) is 1.02. The highest BCUT2D eigenvalue weighted by Gasteiger charge is 2.17. The Morgan fingerprint density at radius 1 is 1.43 bits per heavy atom. The molecular formula is C8H7F2NO3. The number of ether oxygens (including phenoxy) is 1. The van der Waals surface area contributed by atoms with Gasteiger partial charge in [0.15, 0.2) is 11.6 Å². The lowest BCUT2D eigenvalue weighted by Gasteiger charge is -2.02. The van der Waals surface area contributed by atoms with E-state index in [2.05, 4.69) is 4.74 Å². The van der Waals surface area contributed by atoms with Crippen LogP contribution in [-0.2, 0) is 11.3 Å². The number of halogens is 2. The van der Waals surface area contributed by atoms with Crippen molar-refractivity contribution in [3.05, 3.63) is 39.4 Å². The van der Waals surface area contributed by atoms with Gasteiger partial charge in [-0.1, -0.05) is 0 Å². The van der Waals surface area contributed by atoms with Crippen LogP contribution < -0.4 is 0 Å². The molecule has 0 aromatic heterocycles. The zero-order valence-electron chi connectivity index (χ0n) is 7.29. The molecule has 6 heteroatoms. The first-order chi connectivity index (χ1) is 6.56. The molecule has 0 saturated heterocycles. The van der Waals surface area contributed by atoms with E-state index < -0.39 is 22.2 Å². The second-order valence-electron chi connectivity index (χ2n) is 2.59. The zero-order chi connectivity index (χ0) is 10.7. The van der Waals surface area contributed by atoms with Gasteiger partial charge in [0.1, 0.15) is 0 Å². The summed E-state index contributed by atoms with van der Waals surface area (Å²) in [5, 5.41) is 10.4. The van der Waals surface area contributed by atoms with Gasteiger partial charge in [0.05, 0.1) is 23.2 Å². The zero-order valence-corrected chi connectivity index (χ0v) is 7.29. The number of benzene rings is 1. The van der Waals surface area contributed by atoms with Gasteiger partial charge in [0.2, 0.25) is 0 Å². The van der Waals surface area contributed by atoms with E-state index in [1.165, 1.54) is 7.11 Å². The third-order valence-corrected chi connectivity index (χ3v) is 1.62. The second kappa shape index (κ2) is 4.10. The molecule has 1 aromatic carbocycles. The largest absolute Gasteiger partial charge is 0.380 e. The second-order valence-corrected chi connectivity index (χ2v) is 2.59. The third kappa shape index (κ3) is 2.02. The molecule has 0 atom stereocenters. The maximum absolute atomic E-state index is 12.7. The van der Waals surface area contributed by atoms with E-state index >= 15 is 0 Å². The summed E-state index contributed by atoms with van der Waals surface area (Å²) < 4.78 is 30.0. The van der Waals surface area contributed by atoms with Crippen molar-refractivity contribution in [2.24, 2.45) is 0 Å². The molecule has 14 heavy (non-hydrogen) atoms. The van der Waals surface area contributed by atoms with Crippen molar-refractivity contribution in [1.82, 2.24) is 0 Å². The Bertz CT molecular complexity index is 368. The number of hydrogen-bond acceptors (Lipinski definition) is 3. The molecule has 0 spiro atoms. The van der Waals surface area contributed by atoms with Gasteiger partial charge < -0.3 is 4.74 Å². The van der Waals surface area contributed by atoms with E-state index in [9.17, 15) is 18.9 Å². The molecule has 0 unspecified atom stereocenters. The van der Waals surface area contributed by atoms with Crippen molar-refractivity contribution in [3.8, 4) is 0 Å². The Balaban J connectivity index is 3.24.